The van der Waals surface area contributed by atoms with Crippen LogP contribution in [0.3, 0.4) is 0 Å². The monoisotopic (exact) mass is 278 g/mol. The molecule has 4 heteroatoms. The van der Waals surface area contributed by atoms with Crippen molar-refractivity contribution in [3.63, 3.8) is 0 Å². The van der Waals surface area contributed by atoms with Gasteiger partial charge in [-0.1, -0.05) is 13.0 Å². The van der Waals surface area contributed by atoms with Crippen LogP contribution >= 0.6 is 11.3 Å². The molecule has 0 aromatic carbocycles. The van der Waals surface area contributed by atoms with Crippen molar-refractivity contribution in [2.45, 2.75) is 19.9 Å². The molecule has 2 rings (SSSR count). The van der Waals surface area contributed by atoms with Gasteiger partial charge in [0.25, 0.3) is 0 Å². The molecule has 0 aliphatic heterocycles. The van der Waals surface area contributed by atoms with Crippen LogP contribution in [0.4, 0.5) is 0 Å². The molecular weight excluding hydrogens is 256 g/mol. The van der Waals surface area contributed by atoms with E-state index in [-0.39, 0.29) is 0 Å². The molecule has 0 saturated carbocycles. The summed E-state index contributed by atoms with van der Waals surface area (Å²) in [7, 11) is 0. The lowest BCUT2D eigenvalue weighted by atomic mass is 10.3. The number of likely N-dealkylation sites (N-methyl/N-ethyl adjacent to an activating group) is 1. The summed E-state index contributed by atoms with van der Waals surface area (Å²) >= 11 is 1.83. The van der Waals surface area contributed by atoms with Crippen molar-refractivity contribution in [3.05, 3.63) is 46.5 Å². The fourth-order valence-corrected chi connectivity index (χ4v) is 2.71. The van der Waals surface area contributed by atoms with Gasteiger partial charge in [0.2, 0.25) is 0 Å². The average Bonchev–Trinajstić information content (AvgIpc) is 3.10. The Kier molecular flexibility index (Phi) is 6.14. The molecule has 0 atom stereocenters. The van der Waals surface area contributed by atoms with Gasteiger partial charge < -0.3 is 9.73 Å². The van der Waals surface area contributed by atoms with Crippen LogP contribution in [0.1, 0.15) is 17.6 Å². The molecule has 2 aromatic rings. The van der Waals surface area contributed by atoms with E-state index in [0.29, 0.717) is 0 Å². The van der Waals surface area contributed by atoms with E-state index in [2.05, 4.69) is 34.7 Å². The average molecular weight is 278 g/mol. The van der Waals surface area contributed by atoms with Crippen LogP contribution in [0, 0.1) is 0 Å². The van der Waals surface area contributed by atoms with E-state index in [0.717, 1.165) is 44.9 Å². The molecule has 0 amide bonds. The maximum absolute atomic E-state index is 5.38. The number of furan rings is 1. The van der Waals surface area contributed by atoms with Crippen LogP contribution in [0.5, 0.6) is 0 Å². The van der Waals surface area contributed by atoms with E-state index in [1.807, 2.05) is 23.5 Å². The highest BCUT2D eigenvalue weighted by Crippen LogP contribution is 2.08. The van der Waals surface area contributed by atoms with Crippen molar-refractivity contribution in [3.8, 4) is 0 Å². The summed E-state index contributed by atoms with van der Waals surface area (Å²) in [5.41, 5.74) is 0. The van der Waals surface area contributed by atoms with Gasteiger partial charge in [0.15, 0.2) is 0 Å². The molecule has 2 heterocycles. The van der Waals surface area contributed by atoms with E-state index in [1.165, 1.54) is 4.88 Å². The Balaban J connectivity index is 1.58. The highest BCUT2D eigenvalue weighted by molar-refractivity contribution is 7.09. The van der Waals surface area contributed by atoms with E-state index in [4.69, 9.17) is 4.42 Å². The highest BCUT2D eigenvalue weighted by Gasteiger charge is 2.04. The Morgan fingerprint density at radius 1 is 1.26 bits per heavy atom. The summed E-state index contributed by atoms with van der Waals surface area (Å²) < 4.78 is 5.38. The van der Waals surface area contributed by atoms with Crippen molar-refractivity contribution in [1.29, 1.82) is 0 Å². The van der Waals surface area contributed by atoms with Crippen molar-refractivity contribution >= 4 is 11.3 Å². The Labute approximate surface area is 119 Å². The molecule has 1 N–H and O–H groups in total. The molecule has 0 aliphatic carbocycles. The van der Waals surface area contributed by atoms with Gasteiger partial charge >= 0.3 is 0 Å². The third-order valence-corrected chi connectivity index (χ3v) is 4.08. The Hall–Kier alpha value is -1.10. The van der Waals surface area contributed by atoms with E-state index < -0.39 is 0 Å². The topological polar surface area (TPSA) is 28.4 Å². The van der Waals surface area contributed by atoms with E-state index in [1.54, 1.807) is 6.26 Å². The predicted molar refractivity (Wildman–Crippen MR) is 80.6 cm³/mol. The van der Waals surface area contributed by atoms with Gasteiger partial charge in [0, 0.05) is 24.5 Å². The predicted octanol–water partition coefficient (Wildman–Crippen LogP) is 3.00. The third kappa shape index (κ3) is 5.19. The minimum atomic E-state index is 0.899. The summed E-state index contributed by atoms with van der Waals surface area (Å²) in [6.45, 7) is 7.28. The molecule has 0 aliphatic rings. The van der Waals surface area contributed by atoms with E-state index >= 15 is 0 Å². The highest BCUT2D eigenvalue weighted by atomic mass is 32.1. The lowest BCUT2D eigenvalue weighted by Gasteiger charge is -2.19. The van der Waals surface area contributed by atoms with Crippen LogP contribution in [-0.2, 0) is 13.0 Å². The Morgan fingerprint density at radius 2 is 2.21 bits per heavy atom. The summed E-state index contributed by atoms with van der Waals surface area (Å²) in [6.07, 6.45) is 2.87. The Morgan fingerprint density at radius 3 is 2.89 bits per heavy atom. The lowest BCUT2D eigenvalue weighted by Crippen LogP contribution is -2.32. The smallest absolute Gasteiger partial charge is 0.117 e. The normalized spacial score (nSPS) is 11.3. The zero-order chi connectivity index (χ0) is 13.3. The van der Waals surface area contributed by atoms with Gasteiger partial charge in [-0.2, -0.15) is 0 Å². The van der Waals surface area contributed by atoms with Gasteiger partial charge in [-0.15, -0.1) is 11.3 Å². The SMILES string of the molecule is CCN(CCNCCc1cccs1)Cc1ccco1. The Bertz CT molecular complexity index is 425. The maximum Gasteiger partial charge on any atom is 0.117 e. The molecule has 0 fully saturated rings. The molecule has 2 aromatic heterocycles. The standard InChI is InChI=1S/C15H22N2OS/c1-2-17(13-14-5-3-11-18-14)10-9-16-8-7-15-6-4-12-19-15/h3-6,11-12,16H,2,7-10,13H2,1H3. The van der Waals surface area contributed by atoms with Gasteiger partial charge in [0.1, 0.15) is 5.76 Å². The van der Waals surface area contributed by atoms with Gasteiger partial charge in [-0.3, -0.25) is 4.90 Å². The molecular formula is C15H22N2OS. The third-order valence-electron chi connectivity index (χ3n) is 3.14. The second kappa shape index (κ2) is 8.15. The van der Waals surface area contributed by atoms with Crippen molar-refractivity contribution < 1.29 is 4.42 Å². The van der Waals surface area contributed by atoms with Gasteiger partial charge in [0.05, 0.1) is 12.8 Å². The van der Waals surface area contributed by atoms with Crippen LogP contribution in [0.2, 0.25) is 0 Å². The molecule has 0 radical (unpaired) electrons. The maximum atomic E-state index is 5.38. The first-order valence-electron chi connectivity index (χ1n) is 6.86. The summed E-state index contributed by atoms with van der Waals surface area (Å²) in [5, 5.41) is 5.64. The summed E-state index contributed by atoms with van der Waals surface area (Å²) in [4.78, 5) is 3.84. The van der Waals surface area contributed by atoms with Crippen LogP contribution in [0.15, 0.2) is 40.3 Å². The fourth-order valence-electron chi connectivity index (χ4n) is 2.00. The first-order chi connectivity index (χ1) is 9.38. The summed E-state index contributed by atoms with van der Waals surface area (Å²) in [6, 6.07) is 8.29. The second-order valence-corrected chi connectivity index (χ2v) is 5.56. The number of nitrogens with zero attached hydrogens (tertiary/aromatic N) is 1. The second-order valence-electron chi connectivity index (χ2n) is 4.53. The number of hydrogen-bond acceptors (Lipinski definition) is 4. The molecule has 0 bridgehead atoms. The zero-order valence-corrected chi connectivity index (χ0v) is 12.3. The zero-order valence-electron chi connectivity index (χ0n) is 11.5. The number of rotatable bonds is 9. The fraction of sp³-hybridized carbons (Fsp3) is 0.467. The van der Waals surface area contributed by atoms with E-state index in [9.17, 15) is 0 Å². The minimum Gasteiger partial charge on any atom is -0.468 e. The number of hydrogen-bond donors (Lipinski definition) is 1. The molecule has 0 spiro atoms. The molecule has 104 valence electrons. The number of thiophene rings is 1. The minimum absolute atomic E-state index is 0.899. The van der Waals surface area contributed by atoms with Crippen LogP contribution < -0.4 is 5.32 Å². The largest absolute Gasteiger partial charge is 0.468 e. The van der Waals surface area contributed by atoms with Crippen molar-refractivity contribution in [2.24, 2.45) is 0 Å². The first-order valence-corrected chi connectivity index (χ1v) is 7.74. The lowest BCUT2D eigenvalue weighted by molar-refractivity contribution is 0.256. The summed E-state index contributed by atoms with van der Waals surface area (Å²) in [5.74, 6) is 1.04. The van der Waals surface area contributed by atoms with Gasteiger partial charge in [-0.05, 0) is 36.5 Å². The molecule has 0 unspecified atom stereocenters. The molecule has 19 heavy (non-hydrogen) atoms. The van der Waals surface area contributed by atoms with Crippen LogP contribution in [0.25, 0.3) is 0 Å². The molecule has 0 saturated heterocycles. The quantitative estimate of drug-likeness (QED) is 0.715. The van der Waals surface area contributed by atoms with Crippen LogP contribution in [-0.4, -0.2) is 31.1 Å². The first kappa shape index (κ1) is 14.3. The van der Waals surface area contributed by atoms with Gasteiger partial charge in [-0.25, -0.2) is 0 Å². The van der Waals surface area contributed by atoms with Crippen molar-refractivity contribution in [1.82, 2.24) is 10.2 Å². The molecule has 3 nitrogen and oxygen atoms in total. The number of nitrogens with one attached hydrogen (secondary N) is 1. The van der Waals surface area contributed by atoms with Crippen molar-refractivity contribution in [2.75, 3.05) is 26.2 Å².